The molecule has 24 heavy (non-hydrogen) atoms. The van der Waals surface area contributed by atoms with Crippen LogP contribution < -0.4 is 5.19 Å². The average Bonchev–Trinajstić information content (AvgIpc) is 2.71. The van der Waals surface area contributed by atoms with Crippen LogP contribution >= 0.6 is 0 Å². The van der Waals surface area contributed by atoms with Crippen LogP contribution in [0.5, 0.6) is 0 Å². The van der Waals surface area contributed by atoms with Crippen LogP contribution in [0, 0.1) is 12.3 Å². The molecule has 0 bridgehead atoms. The Morgan fingerprint density at radius 3 is 2.46 bits per heavy atom. The zero-order valence-corrected chi connectivity index (χ0v) is 16.6. The Bertz CT molecular complexity index is 762. The van der Waals surface area contributed by atoms with Crippen LogP contribution in [-0.2, 0) is 0 Å². The van der Waals surface area contributed by atoms with Crippen molar-refractivity contribution in [2.45, 2.75) is 52.5 Å². The Morgan fingerprint density at radius 1 is 1.08 bits per heavy atom. The van der Waals surface area contributed by atoms with Gasteiger partial charge in [-0.25, -0.2) is 0 Å². The second kappa shape index (κ2) is 6.37. The van der Waals surface area contributed by atoms with E-state index in [1.807, 2.05) is 0 Å². The van der Waals surface area contributed by atoms with Gasteiger partial charge in [-0.2, -0.15) is 0 Å². The van der Waals surface area contributed by atoms with Crippen LogP contribution in [0.3, 0.4) is 0 Å². The van der Waals surface area contributed by atoms with E-state index in [-0.39, 0.29) is 10.5 Å². The van der Waals surface area contributed by atoms with Crippen LogP contribution in [0.15, 0.2) is 71.4 Å². The first-order chi connectivity index (χ1) is 11.3. The highest BCUT2D eigenvalue weighted by atomic mass is 28.2. The first-order valence-corrected chi connectivity index (χ1v) is 9.91. The van der Waals surface area contributed by atoms with Gasteiger partial charge in [0.2, 0.25) is 0 Å². The van der Waals surface area contributed by atoms with Crippen molar-refractivity contribution in [3.63, 3.8) is 0 Å². The molecule has 2 atom stereocenters. The summed E-state index contributed by atoms with van der Waals surface area (Å²) >= 11 is 0. The molecule has 3 rings (SSSR count). The van der Waals surface area contributed by atoms with Crippen molar-refractivity contribution >= 4 is 14.7 Å². The molecule has 1 heteroatoms. The van der Waals surface area contributed by atoms with Gasteiger partial charge in [-0.15, -0.1) is 0 Å². The first-order valence-electron chi connectivity index (χ1n) is 8.91. The van der Waals surface area contributed by atoms with Gasteiger partial charge in [-0.3, -0.25) is 0 Å². The number of rotatable bonds is 4. The van der Waals surface area contributed by atoms with E-state index < -0.39 is 0 Å². The van der Waals surface area contributed by atoms with E-state index in [1.54, 1.807) is 5.57 Å². The van der Waals surface area contributed by atoms with E-state index in [0.29, 0.717) is 0 Å². The number of allylic oxidation sites excluding steroid dienone is 8. The maximum Gasteiger partial charge on any atom is 0.0980 e. The molecule has 1 aromatic carbocycles. The lowest BCUT2D eigenvalue weighted by Crippen LogP contribution is -2.33. The van der Waals surface area contributed by atoms with Crippen molar-refractivity contribution in [2.24, 2.45) is 5.41 Å². The van der Waals surface area contributed by atoms with E-state index in [0.717, 1.165) is 15.9 Å². The molecule has 1 aromatic rings. The standard InChI is InChI=1S/C23H28Si/c1-17-10-9-11-21(14-17)24-23(15-18(2)19(3)20(23)4)16-22(5)12-7-6-8-13-22/h6-12,14-15H,13,16H2,1-5H3. The lowest BCUT2D eigenvalue weighted by atomic mass is 9.74. The number of hydrogen-bond donors (Lipinski definition) is 0. The van der Waals surface area contributed by atoms with Gasteiger partial charge in [0.25, 0.3) is 0 Å². The van der Waals surface area contributed by atoms with Crippen LogP contribution in [0.2, 0.25) is 5.04 Å². The molecular weight excluding hydrogens is 304 g/mol. The molecular formula is C23H28Si. The van der Waals surface area contributed by atoms with Crippen LogP contribution in [0.25, 0.3) is 0 Å². The van der Waals surface area contributed by atoms with Crippen molar-refractivity contribution in [1.82, 2.24) is 0 Å². The number of hydrogen-bond acceptors (Lipinski definition) is 0. The molecule has 0 saturated heterocycles. The molecule has 0 spiro atoms. The Balaban J connectivity index is 2.00. The van der Waals surface area contributed by atoms with Crippen molar-refractivity contribution < 1.29 is 0 Å². The van der Waals surface area contributed by atoms with Gasteiger partial charge in [-0.1, -0.05) is 83.5 Å². The third-order valence-electron chi connectivity index (χ3n) is 5.68. The zero-order chi connectivity index (χ0) is 17.4. The zero-order valence-electron chi connectivity index (χ0n) is 15.6. The largest absolute Gasteiger partial charge is 0.0980 e. The molecule has 2 unspecified atom stereocenters. The second-order valence-corrected chi connectivity index (χ2v) is 9.58. The Labute approximate surface area is 149 Å². The van der Waals surface area contributed by atoms with E-state index >= 15 is 0 Å². The van der Waals surface area contributed by atoms with Gasteiger partial charge in [0, 0.05) is 5.04 Å². The lowest BCUT2D eigenvalue weighted by Gasteiger charge is -2.39. The summed E-state index contributed by atoms with van der Waals surface area (Å²) in [4.78, 5) is 0. The summed E-state index contributed by atoms with van der Waals surface area (Å²) in [7, 11) is 0.790. The highest BCUT2D eigenvalue weighted by Crippen LogP contribution is 2.54. The van der Waals surface area contributed by atoms with Gasteiger partial charge >= 0.3 is 0 Å². The molecule has 0 aromatic heterocycles. The van der Waals surface area contributed by atoms with E-state index in [1.165, 1.54) is 28.3 Å². The maximum absolute atomic E-state index is 2.57. The molecule has 0 aliphatic heterocycles. The summed E-state index contributed by atoms with van der Waals surface area (Å²) in [6.07, 6.45) is 14.0. The van der Waals surface area contributed by atoms with Gasteiger partial charge in [-0.05, 0) is 51.5 Å². The topological polar surface area (TPSA) is 0 Å². The van der Waals surface area contributed by atoms with Crippen LogP contribution in [0.1, 0.15) is 46.1 Å². The Kier molecular flexibility index (Phi) is 4.57. The summed E-state index contributed by atoms with van der Waals surface area (Å²) in [6.45, 7) is 11.5. The molecule has 0 N–H and O–H groups in total. The molecule has 2 aliphatic rings. The molecule has 0 amide bonds. The fourth-order valence-corrected chi connectivity index (χ4v) is 6.24. The summed E-state index contributed by atoms with van der Waals surface area (Å²) in [5.74, 6) is 0. The van der Waals surface area contributed by atoms with Gasteiger partial charge in [0.05, 0.1) is 9.52 Å². The third-order valence-corrected chi connectivity index (χ3v) is 7.43. The summed E-state index contributed by atoms with van der Waals surface area (Å²) < 4.78 is 0. The van der Waals surface area contributed by atoms with Crippen molar-refractivity contribution in [1.29, 1.82) is 0 Å². The predicted octanol–water partition coefficient (Wildman–Crippen LogP) is 5.69. The predicted molar refractivity (Wildman–Crippen MR) is 107 cm³/mol. The Morgan fingerprint density at radius 2 is 1.88 bits per heavy atom. The maximum atomic E-state index is 2.57. The van der Waals surface area contributed by atoms with Crippen LogP contribution in [0.4, 0.5) is 0 Å². The van der Waals surface area contributed by atoms with Gasteiger partial charge < -0.3 is 0 Å². The highest BCUT2D eigenvalue weighted by Gasteiger charge is 2.41. The second-order valence-electron chi connectivity index (χ2n) is 7.87. The fraction of sp³-hybridized carbons (Fsp3) is 0.391. The van der Waals surface area contributed by atoms with Crippen molar-refractivity contribution in [3.05, 3.63) is 76.9 Å². The summed E-state index contributed by atoms with van der Waals surface area (Å²) in [5, 5.41) is 1.65. The van der Waals surface area contributed by atoms with Gasteiger partial charge in [0.1, 0.15) is 0 Å². The fourth-order valence-electron chi connectivity index (χ4n) is 4.09. The SMILES string of the molecule is CC1=CC(CC2(C)C=CC=CC2)([Si]c2cccc(C)c2)C(C)=C1C. The molecule has 2 aliphatic carbocycles. The average molecular weight is 333 g/mol. The monoisotopic (exact) mass is 332 g/mol. The molecule has 0 heterocycles. The summed E-state index contributed by atoms with van der Waals surface area (Å²) in [6, 6.07) is 9.06. The quantitative estimate of drug-likeness (QED) is 0.621. The third kappa shape index (κ3) is 3.28. The summed E-state index contributed by atoms with van der Waals surface area (Å²) in [5.41, 5.74) is 6.14. The Hall–Kier alpha value is -1.60. The minimum absolute atomic E-state index is 0.173. The van der Waals surface area contributed by atoms with Crippen molar-refractivity contribution in [3.8, 4) is 0 Å². The smallest absolute Gasteiger partial charge is 0.0837 e. The molecule has 0 saturated carbocycles. The van der Waals surface area contributed by atoms with E-state index in [2.05, 4.69) is 89.3 Å². The normalized spacial score (nSPS) is 29.3. The van der Waals surface area contributed by atoms with Crippen molar-refractivity contribution in [2.75, 3.05) is 0 Å². The molecule has 0 fully saturated rings. The molecule has 124 valence electrons. The molecule has 0 nitrogen and oxygen atoms in total. The first kappa shape index (κ1) is 17.2. The minimum atomic E-state index is 0.173. The van der Waals surface area contributed by atoms with Gasteiger partial charge in [0.15, 0.2) is 0 Å². The number of aryl methyl sites for hydroxylation is 1. The number of benzene rings is 1. The minimum Gasteiger partial charge on any atom is -0.0837 e. The lowest BCUT2D eigenvalue weighted by molar-refractivity contribution is 0.367. The van der Waals surface area contributed by atoms with E-state index in [4.69, 9.17) is 0 Å². The van der Waals surface area contributed by atoms with E-state index in [9.17, 15) is 0 Å². The molecule has 2 radical (unpaired) electrons. The van der Waals surface area contributed by atoms with Crippen LogP contribution in [-0.4, -0.2) is 9.52 Å². The highest BCUT2D eigenvalue weighted by molar-refractivity contribution is 6.58.